The van der Waals surface area contributed by atoms with Crippen molar-refractivity contribution in [1.29, 1.82) is 0 Å². The van der Waals surface area contributed by atoms with Gasteiger partial charge in [0.15, 0.2) is 10.8 Å². The average molecular weight is 625 g/mol. The molecule has 2 aromatic heterocycles. The fourth-order valence-corrected chi connectivity index (χ4v) is 7.10. The molecular formula is C22H26N9O7S3+. The number of carboxylic acids is 2. The minimum absolute atomic E-state index is 0.0249. The molecule has 16 nitrogen and oxygen atoms in total. The first kappa shape index (κ1) is 29.9. The number of nitrogens with two attached hydrogens (primary N) is 3. The van der Waals surface area contributed by atoms with Crippen LogP contribution in [-0.2, 0) is 30.6 Å². The van der Waals surface area contributed by atoms with Gasteiger partial charge in [-0.05, 0) is 23.8 Å². The SMILES string of the molecule is CCC[n+]1c(N)cc(N)nc1SCC1=C(C(=O)O)N2C(=O)C(NC(=O)/C(=N\OCC(=O)O)c3csc(N)n3)C2SC1. The second kappa shape index (κ2) is 12.6. The number of amides is 2. The van der Waals surface area contributed by atoms with Crippen LogP contribution in [-0.4, -0.2) is 84.1 Å². The molecule has 0 radical (unpaired) electrons. The molecule has 0 aliphatic carbocycles. The van der Waals surface area contributed by atoms with Gasteiger partial charge in [-0.1, -0.05) is 17.1 Å². The number of thiazole rings is 1. The molecule has 0 saturated carbocycles. The number of nitrogen functional groups attached to an aromatic ring is 3. The molecule has 0 bridgehead atoms. The quantitative estimate of drug-likeness (QED) is 0.0427. The maximum Gasteiger partial charge on any atom is 0.352 e. The molecule has 9 N–H and O–H groups in total. The Labute approximate surface area is 245 Å². The number of carbonyl (C=O) groups is 4. The Morgan fingerprint density at radius 2 is 2.05 bits per heavy atom. The number of nitrogens with zero attached hydrogens (tertiary/aromatic N) is 5. The van der Waals surface area contributed by atoms with Crippen molar-refractivity contribution in [2.75, 3.05) is 35.3 Å². The lowest BCUT2D eigenvalue weighted by atomic mass is 10.0. The Hall–Kier alpha value is -4.10. The highest BCUT2D eigenvalue weighted by Gasteiger charge is 2.54. The van der Waals surface area contributed by atoms with Crippen molar-refractivity contribution >= 4 is 81.1 Å². The molecule has 2 aliphatic rings. The fourth-order valence-electron chi connectivity index (χ4n) is 4.01. The van der Waals surface area contributed by atoms with Crippen LogP contribution in [0.5, 0.6) is 0 Å². The highest BCUT2D eigenvalue weighted by molar-refractivity contribution is 8.01. The van der Waals surface area contributed by atoms with Crippen LogP contribution in [0.1, 0.15) is 19.0 Å². The first-order valence-electron chi connectivity index (χ1n) is 11.9. The van der Waals surface area contributed by atoms with Crippen LogP contribution in [0.15, 0.2) is 33.0 Å². The molecule has 1 fully saturated rings. The summed E-state index contributed by atoms with van der Waals surface area (Å²) < 4.78 is 1.79. The van der Waals surface area contributed by atoms with Gasteiger partial charge < -0.3 is 37.6 Å². The summed E-state index contributed by atoms with van der Waals surface area (Å²) in [5.74, 6) is -2.95. The van der Waals surface area contributed by atoms with Crippen LogP contribution in [0, 0.1) is 0 Å². The number of aliphatic carboxylic acids is 2. The molecule has 2 atom stereocenters. The first-order chi connectivity index (χ1) is 19.5. The molecule has 2 aromatic rings. The number of fused-ring (bicyclic) bond motifs is 1. The van der Waals surface area contributed by atoms with E-state index < -0.39 is 41.8 Å². The molecular weight excluding hydrogens is 598 g/mol. The third-order valence-electron chi connectivity index (χ3n) is 5.75. The fraction of sp³-hybridized carbons (Fsp3) is 0.364. The summed E-state index contributed by atoms with van der Waals surface area (Å²) >= 11 is 3.56. The molecule has 218 valence electrons. The van der Waals surface area contributed by atoms with Gasteiger partial charge in [0, 0.05) is 16.9 Å². The number of β-lactam (4-membered cyclic amide) rings is 1. The summed E-state index contributed by atoms with van der Waals surface area (Å²) in [5.41, 5.74) is 17.6. The predicted molar refractivity (Wildman–Crippen MR) is 151 cm³/mol. The molecule has 0 spiro atoms. The van der Waals surface area contributed by atoms with Crippen LogP contribution in [0.25, 0.3) is 0 Å². The lowest BCUT2D eigenvalue weighted by Gasteiger charge is -2.49. The molecule has 4 heterocycles. The van der Waals surface area contributed by atoms with Crippen LogP contribution in [0.2, 0.25) is 0 Å². The number of hydrogen-bond acceptors (Lipinski definition) is 14. The second-order valence-electron chi connectivity index (χ2n) is 8.63. The summed E-state index contributed by atoms with van der Waals surface area (Å²) in [5, 5.41) is 26.3. The number of carbonyl (C=O) groups excluding carboxylic acids is 2. The minimum atomic E-state index is -1.31. The number of thioether (sulfide) groups is 2. The van der Waals surface area contributed by atoms with Crippen LogP contribution < -0.4 is 27.1 Å². The third kappa shape index (κ3) is 6.46. The third-order valence-corrected chi connectivity index (χ3v) is 8.82. The minimum Gasteiger partial charge on any atom is -0.479 e. The van der Waals surface area contributed by atoms with Gasteiger partial charge in [0.2, 0.25) is 18.2 Å². The van der Waals surface area contributed by atoms with E-state index in [4.69, 9.17) is 27.1 Å². The van der Waals surface area contributed by atoms with Crippen LogP contribution in [0.4, 0.5) is 16.8 Å². The van der Waals surface area contributed by atoms with Gasteiger partial charge in [-0.25, -0.2) is 19.1 Å². The van der Waals surface area contributed by atoms with Crippen molar-refractivity contribution in [1.82, 2.24) is 20.2 Å². The highest BCUT2D eigenvalue weighted by atomic mass is 32.2. The summed E-state index contributed by atoms with van der Waals surface area (Å²) in [7, 11) is 0. The van der Waals surface area contributed by atoms with Gasteiger partial charge >= 0.3 is 17.1 Å². The number of carboxylic acid groups (broad SMARTS) is 2. The lowest BCUT2D eigenvalue weighted by molar-refractivity contribution is -0.723. The van der Waals surface area contributed by atoms with Crippen molar-refractivity contribution in [3.8, 4) is 0 Å². The molecule has 41 heavy (non-hydrogen) atoms. The van der Waals surface area contributed by atoms with Crippen molar-refractivity contribution in [3.63, 3.8) is 0 Å². The summed E-state index contributed by atoms with van der Waals surface area (Å²) in [6.07, 6.45) is 0.790. The molecule has 19 heteroatoms. The molecule has 1 saturated heterocycles. The van der Waals surface area contributed by atoms with Crippen molar-refractivity contribution in [3.05, 3.63) is 28.4 Å². The Kier molecular flexibility index (Phi) is 9.18. The van der Waals surface area contributed by atoms with Gasteiger partial charge in [-0.15, -0.1) is 23.1 Å². The maximum atomic E-state index is 13.1. The van der Waals surface area contributed by atoms with E-state index in [0.717, 1.165) is 22.7 Å². The van der Waals surface area contributed by atoms with Crippen molar-refractivity contribution in [2.45, 2.75) is 36.5 Å². The molecule has 2 unspecified atom stereocenters. The van der Waals surface area contributed by atoms with E-state index >= 15 is 0 Å². The summed E-state index contributed by atoms with van der Waals surface area (Å²) in [4.78, 5) is 63.4. The van der Waals surface area contributed by atoms with Crippen molar-refractivity contribution < 1.29 is 38.8 Å². The lowest BCUT2D eigenvalue weighted by Crippen LogP contribution is -2.71. The first-order valence-corrected chi connectivity index (χ1v) is 14.9. The van der Waals surface area contributed by atoms with E-state index in [1.54, 1.807) is 10.6 Å². The van der Waals surface area contributed by atoms with E-state index in [1.165, 1.54) is 28.9 Å². The highest BCUT2D eigenvalue weighted by Crippen LogP contribution is 2.41. The zero-order chi connectivity index (χ0) is 29.8. The topological polar surface area (TPSA) is 253 Å². The standard InChI is InChI=1S/C22H25N9O7S3/c1-2-3-30-12(24)4-11(23)27-22(30)41-7-9-6-39-19-15(18(35)31(19)16(9)20(36)37)28-17(34)14(29-38-5-13(32)33)10-8-40-21(25)26-10/h4,8,15,19H,2-3,5-7H2,1H3,(H8,23,24,25,26,28,32,33,34,36,37)/p+1/b29-14-. The Morgan fingerprint density at radius 3 is 2.68 bits per heavy atom. The number of oxime groups is 1. The van der Waals surface area contributed by atoms with Crippen LogP contribution >= 0.6 is 34.9 Å². The number of nitrogens with one attached hydrogen (secondary N) is 1. The Bertz CT molecular complexity index is 1460. The van der Waals surface area contributed by atoms with E-state index in [2.05, 4.69) is 20.4 Å². The Balaban J connectivity index is 1.51. The maximum absolute atomic E-state index is 13.1. The number of hydrogen-bond donors (Lipinski definition) is 6. The van der Waals surface area contributed by atoms with E-state index in [1.807, 2.05) is 6.92 Å². The summed E-state index contributed by atoms with van der Waals surface area (Å²) in [6.45, 7) is 1.76. The molecule has 2 amide bonds. The second-order valence-corrected chi connectivity index (χ2v) is 11.6. The van der Waals surface area contributed by atoms with Gasteiger partial charge in [-0.3, -0.25) is 14.5 Å². The number of aromatic nitrogens is 3. The molecule has 4 rings (SSSR count). The number of rotatable bonds is 12. The summed E-state index contributed by atoms with van der Waals surface area (Å²) in [6, 6.07) is 0.479. The van der Waals surface area contributed by atoms with Crippen LogP contribution in [0.3, 0.4) is 0 Å². The zero-order valence-electron chi connectivity index (χ0n) is 21.5. The van der Waals surface area contributed by atoms with E-state index in [-0.39, 0.29) is 39.6 Å². The van der Waals surface area contributed by atoms with Crippen molar-refractivity contribution in [2.24, 2.45) is 5.16 Å². The van der Waals surface area contributed by atoms with Gasteiger partial charge in [0.05, 0.1) is 12.6 Å². The smallest absolute Gasteiger partial charge is 0.352 e. The van der Waals surface area contributed by atoms with Gasteiger partial charge in [-0.2, -0.15) is 0 Å². The van der Waals surface area contributed by atoms with Gasteiger partial charge in [0.25, 0.3) is 11.8 Å². The Morgan fingerprint density at radius 1 is 1.29 bits per heavy atom. The monoisotopic (exact) mass is 624 g/mol. The predicted octanol–water partition coefficient (Wildman–Crippen LogP) is -0.682. The van der Waals surface area contributed by atoms with E-state index in [9.17, 15) is 24.3 Å². The normalized spacial score (nSPS) is 18.5. The number of anilines is 3. The average Bonchev–Trinajstić information content (AvgIpc) is 3.34. The molecule has 2 aliphatic heterocycles. The van der Waals surface area contributed by atoms with E-state index in [0.29, 0.717) is 23.1 Å². The molecule has 0 aromatic carbocycles. The zero-order valence-corrected chi connectivity index (χ0v) is 23.9. The largest absolute Gasteiger partial charge is 0.479 e. The van der Waals surface area contributed by atoms with Gasteiger partial charge in [0.1, 0.15) is 22.8 Å².